The first-order valence-electron chi connectivity index (χ1n) is 5.63. The summed E-state index contributed by atoms with van der Waals surface area (Å²) in [5.41, 5.74) is 6.76. The van der Waals surface area contributed by atoms with Crippen LogP contribution in [0.25, 0.3) is 0 Å². The number of amides is 1. The van der Waals surface area contributed by atoms with Crippen LogP contribution in [0.2, 0.25) is 5.02 Å². The first-order valence-corrected chi connectivity index (χ1v) is 7.05. The molecule has 0 aliphatic carbocycles. The van der Waals surface area contributed by atoms with Crippen LogP contribution in [0.3, 0.4) is 0 Å². The van der Waals surface area contributed by atoms with Crippen molar-refractivity contribution in [2.75, 3.05) is 23.4 Å². The Morgan fingerprint density at radius 3 is 3.00 bits per heavy atom. The molecule has 100 valence electrons. The molecule has 0 aliphatic heterocycles. The van der Waals surface area contributed by atoms with E-state index in [4.69, 9.17) is 22.4 Å². The van der Waals surface area contributed by atoms with Gasteiger partial charge in [0.15, 0.2) is 0 Å². The number of rotatable bonds is 6. The summed E-state index contributed by atoms with van der Waals surface area (Å²) in [6.07, 6.45) is 0.682. The molecule has 1 amide bonds. The lowest BCUT2D eigenvalue weighted by atomic mass is 10.2. The van der Waals surface area contributed by atoms with Gasteiger partial charge in [0.25, 0.3) is 0 Å². The summed E-state index contributed by atoms with van der Waals surface area (Å²) in [7, 11) is 0. The quantitative estimate of drug-likeness (QED) is 0.555. The summed E-state index contributed by atoms with van der Waals surface area (Å²) in [6.45, 7) is 1.96. The predicted octanol–water partition coefficient (Wildman–Crippen LogP) is 2.36. The Hall–Kier alpha value is -0.910. The van der Waals surface area contributed by atoms with E-state index in [-0.39, 0.29) is 17.8 Å². The van der Waals surface area contributed by atoms with Crippen LogP contribution in [0.5, 0.6) is 0 Å². The van der Waals surface area contributed by atoms with E-state index in [9.17, 15) is 4.79 Å². The first kappa shape index (κ1) is 15.1. The van der Waals surface area contributed by atoms with Gasteiger partial charge in [-0.2, -0.15) is 0 Å². The smallest absolute Gasteiger partial charge is 0.237 e. The zero-order chi connectivity index (χ0) is 13.5. The second-order valence-electron chi connectivity index (χ2n) is 3.81. The molecule has 0 bridgehead atoms. The third kappa shape index (κ3) is 4.76. The molecule has 0 heterocycles. The lowest BCUT2D eigenvalue weighted by Gasteiger charge is -2.13. The standard InChI is InChI=1S/C12H17ClN2O2S/c1-8(18-6-2-5-16)12(17)15-11-7-9(13)3-4-10(11)14/h3-4,7-8,16H,2,5-6,14H2,1H3,(H,15,17). The Bertz CT molecular complexity index is 415. The molecule has 0 aliphatic rings. The fraction of sp³-hybridized carbons (Fsp3) is 0.417. The van der Waals surface area contributed by atoms with E-state index in [0.717, 1.165) is 5.75 Å². The van der Waals surface area contributed by atoms with E-state index >= 15 is 0 Å². The average molecular weight is 289 g/mol. The summed E-state index contributed by atoms with van der Waals surface area (Å²) < 4.78 is 0. The Labute approximate surface area is 116 Å². The molecule has 0 spiro atoms. The van der Waals surface area contributed by atoms with E-state index < -0.39 is 0 Å². The summed E-state index contributed by atoms with van der Waals surface area (Å²) >= 11 is 7.33. The van der Waals surface area contributed by atoms with Crippen LogP contribution in [-0.2, 0) is 4.79 Å². The Balaban J connectivity index is 2.55. The molecule has 4 nitrogen and oxygen atoms in total. The van der Waals surface area contributed by atoms with Crippen molar-refractivity contribution >= 4 is 40.6 Å². The molecule has 1 atom stereocenters. The van der Waals surface area contributed by atoms with Crippen molar-refractivity contribution in [2.24, 2.45) is 0 Å². The second kappa shape index (κ2) is 7.51. The fourth-order valence-corrected chi connectivity index (χ4v) is 2.30. The van der Waals surface area contributed by atoms with Gasteiger partial charge < -0.3 is 16.2 Å². The van der Waals surface area contributed by atoms with Gasteiger partial charge in [0, 0.05) is 11.6 Å². The third-order valence-electron chi connectivity index (χ3n) is 2.31. The highest BCUT2D eigenvalue weighted by molar-refractivity contribution is 8.00. The van der Waals surface area contributed by atoms with Gasteiger partial charge in [-0.1, -0.05) is 11.6 Å². The summed E-state index contributed by atoms with van der Waals surface area (Å²) in [5, 5.41) is 11.7. The van der Waals surface area contributed by atoms with Crippen molar-refractivity contribution < 1.29 is 9.90 Å². The largest absolute Gasteiger partial charge is 0.397 e. The van der Waals surface area contributed by atoms with Crippen LogP contribution in [0.15, 0.2) is 18.2 Å². The summed E-state index contributed by atoms with van der Waals surface area (Å²) in [5.74, 6) is 0.628. The highest BCUT2D eigenvalue weighted by Gasteiger charge is 2.14. The normalized spacial score (nSPS) is 12.2. The van der Waals surface area contributed by atoms with Gasteiger partial charge in [-0.15, -0.1) is 11.8 Å². The van der Waals surface area contributed by atoms with Crippen molar-refractivity contribution in [3.05, 3.63) is 23.2 Å². The molecule has 1 aromatic carbocycles. The molecule has 1 unspecified atom stereocenters. The van der Waals surface area contributed by atoms with Crippen molar-refractivity contribution in [1.82, 2.24) is 0 Å². The topological polar surface area (TPSA) is 75.3 Å². The molecule has 0 fully saturated rings. The third-order valence-corrected chi connectivity index (χ3v) is 3.79. The van der Waals surface area contributed by atoms with Crippen LogP contribution >= 0.6 is 23.4 Å². The number of aliphatic hydroxyl groups is 1. The Kier molecular flexibility index (Phi) is 6.32. The van der Waals surface area contributed by atoms with Crippen molar-refractivity contribution in [1.29, 1.82) is 0 Å². The molecule has 4 N–H and O–H groups in total. The fourth-order valence-electron chi connectivity index (χ4n) is 1.27. The highest BCUT2D eigenvalue weighted by atomic mass is 35.5. The zero-order valence-corrected chi connectivity index (χ0v) is 11.7. The molecule has 0 radical (unpaired) electrons. The molecule has 6 heteroatoms. The first-order chi connectivity index (χ1) is 8.54. The molecule has 18 heavy (non-hydrogen) atoms. The minimum absolute atomic E-state index is 0.119. The number of hydrogen-bond donors (Lipinski definition) is 3. The lowest BCUT2D eigenvalue weighted by molar-refractivity contribution is -0.115. The van der Waals surface area contributed by atoms with Crippen LogP contribution in [0, 0.1) is 0 Å². The molecule has 0 saturated heterocycles. The minimum Gasteiger partial charge on any atom is -0.397 e. The summed E-state index contributed by atoms with van der Waals surface area (Å²) in [4.78, 5) is 11.9. The number of nitrogens with one attached hydrogen (secondary N) is 1. The minimum atomic E-state index is -0.199. The van der Waals surface area contributed by atoms with E-state index in [0.29, 0.717) is 22.8 Å². The number of nitrogen functional groups attached to an aromatic ring is 1. The molecule has 0 saturated carbocycles. The monoisotopic (exact) mass is 288 g/mol. The van der Waals surface area contributed by atoms with Gasteiger partial charge in [-0.25, -0.2) is 0 Å². The highest BCUT2D eigenvalue weighted by Crippen LogP contribution is 2.24. The van der Waals surface area contributed by atoms with E-state index in [2.05, 4.69) is 5.32 Å². The maximum Gasteiger partial charge on any atom is 0.237 e. The van der Waals surface area contributed by atoms with Crippen molar-refractivity contribution in [3.63, 3.8) is 0 Å². The zero-order valence-electron chi connectivity index (χ0n) is 10.1. The van der Waals surface area contributed by atoms with Crippen molar-refractivity contribution in [3.8, 4) is 0 Å². The predicted molar refractivity (Wildman–Crippen MR) is 78.1 cm³/mol. The number of hydrogen-bond acceptors (Lipinski definition) is 4. The van der Waals surface area contributed by atoms with E-state index in [1.165, 1.54) is 11.8 Å². The SMILES string of the molecule is CC(SCCCO)C(=O)Nc1cc(Cl)ccc1N. The maximum absolute atomic E-state index is 11.9. The van der Waals surface area contributed by atoms with Crippen LogP contribution in [-0.4, -0.2) is 28.6 Å². The number of nitrogens with two attached hydrogens (primary N) is 1. The number of carbonyl (C=O) groups is 1. The second-order valence-corrected chi connectivity index (χ2v) is 5.70. The van der Waals surface area contributed by atoms with E-state index in [1.807, 2.05) is 6.92 Å². The van der Waals surface area contributed by atoms with Gasteiger partial charge >= 0.3 is 0 Å². The average Bonchev–Trinajstić information content (AvgIpc) is 2.34. The van der Waals surface area contributed by atoms with E-state index in [1.54, 1.807) is 18.2 Å². The number of carbonyl (C=O) groups excluding carboxylic acids is 1. The number of aliphatic hydroxyl groups excluding tert-OH is 1. The number of benzene rings is 1. The lowest BCUT2D eigenvalue weighted by Crippen LogP contribution is -2.23. The molecule has 1 aromatic rings. The number of thioether (sulfide) groups is 1. The molecular weight excluding hydrogens is 272 g/mol. The number of halogens is 1. The maximum atomic E-state index is 11.9. The molecule has 1 rings (SSSR count). The molecular formula is C12H17ClN2O2S. The molecule has 0 aromatic heterocycles. The van der Waals surface area contributed by atoms with Crippen LogP contribution in [0.4, 0.5) is 11.4 Å². The summed E-state index contributed by atoms with van der Waals surface area (Å²) in [6, 6.07) is 4.95. The Morgan fingerprint density at radius 1 is 1.61 bits per heavy atom. The van der Waals surface area contributed by atoms with Gasteiger partial charge in [0.05, 0.1) is 16.6 Å². The van der Waals surface area contributed by atoms with Gasteiger partial charge in [0.1, 0.15) is 0 Å². The number of anilines is 2. The van der Waals surface area contributed by atoms with Gasteiger partial charge in [0.2, 0.25) is 5.91 Å². The van der Waals surface area contributed by atoms with Gasteiger partial charge in [-0.3, -0.25) is 4.79 Å². The van der Waals surface area contributed by atoms with Crippen LogP contribution < -0.4 is 11.1 Å². The van der Waals surface area contributed by atoms with Crippen LogP contribution in [0.1, 0.15) is 13.3 Å². The van der Waals surface area contributed by atoms with Gasteiger partial charge in [-0.05, 0) is 37.3 Å². The Morgan fingerprint density at radius 2 is 2.33 bits per heavy atom. The van der Waals surface area contributed by atoms with Crippen molar-refractivity contribution in [2.45, 2.75) is 18.6 Å².